The highest BCUT2D eigenvalue weighted by Gasteiger charge is 2.32. The number of benzene rings is 6. The van der Waals surface area contributed by atoms with Crippen LogP contribution in [0.3, 0.4) is 0 Å². The van der Waals surface area contributed by atoms with E-state index < -0.39 is 5.60 Å². The lowest BCUT2D eigenvalue weighted by molar-refractivity contribution is 0.136. The van der Waals surface area contributed by atoms with Crippen LogP contribution >= 0.6 is 0 Å². The third-order valence-corrected chi connectivity index (χ3v) is 6.93. The Balaban J connectivity index is 1.71. The summed E-state index contributed by atoms with van der Waals surface area (Å²) < 4.78 is 0. The molecular weight excluding hydrogens is 436 g/mol. The van der Waals surface area contributed by atoms with E-state index in [1.807, 2.05) is 78.9 Å². The van der Waals surface area contributed by atoms with Gasteiger partial charge in [-0.2, -0.15) is 0 Å². The largest absolute Gasteiger partial charge is 0.377 e. The Morgan fingerprint density at radius 1 is 0.500 bits per heavy atom. The summed E-state index contributed by atoms with van der Waals surface area (Å²) in [5.74, 6) is 0. The molecule has 0 heterocycles. The van der Waals surface area contributed by atoms with Crippen molar-refractivity contribution in [2.45, 2.75) is 5.60 Å². The standard InChI is InChI=1S/C35H26O/c36-35(29-19-5-2-6-20-29,34-24-12-18-27-16-8-10-22-31(27)34)25-33(28-13-3-1-4-14-28)32-23-11-17-26-15-7-9-21-30(26)32/h1-25,36H. The summed E-state index contributed by atoms with van der Waals surface area (Å²) in [6.45, 7) is 0. The van der Waals surface area contributed by atoms with Gasteiger partial charge in [-0.05, 0) is 55.4 Å². The number of hydrogen-bond acceptors (Lipinski definition) is 1. The zero-order valence-corrected chi connectivity index (χ0v) is 19.9. The first-order valence-electron chi connectivity index (χ1n) is 12.3. The van der Waals surface area contributed by atoms with Crippen molar-refractivity contribution in [3.63, 3.8) is 0 Å². The minimum Gasteiger partial charge on any atom is -0.377 e. The number of hydrogen-bond donors (Lipinski definition) is 1. The molecule has 1 atom stereocenters. The molecule has 0 saturated carbocycles. The molecule has 0 aromatic heterocycles. The summed E-state index contributed by atoms with van der Waals surface area (Å²) in [6, 6.07) is 49.5. The quantitative estimate of drug-likeness (QED) is 0.273. The molecule has 0 aliphatic carbocycles. The van der Waals surface area contributed by atoms with Gasteiger partial charge in [0.05, 0.1) is 0 Å². The van der Waals surface area contributed by atoms with Crippen molar-refractivity contribution in [3.05, 3.63) is 174 Å². The van der Waals surface area contributed by atoms with Crippen molar-refractivity contribution >= 4 is 27.1 Å². The van der Waals surface area contributed by atoms with Crippen molar-refractivity contribution in [1.29, 1.82) is 0 Å². The molecule has 1 heteroatoms. The second kappa shape index (κ2) is 9.30. The van der Waals surface area contributed by atoms with Gasteiger partial charge in [0.2, 0.25) is 0 Å². The Bertz CT molecular complexity index is 1670. The summed E-state index contributed by atoms with van der Waals surface area (Å²) in [4.78, 5) is 0. The monoisotopic (exact) mass is 462 g/mol. The maximum absolute atomic E-state index is 12.7. The van der Waals surface area contributed by atoms with Crippen LogP contribution in [0.15, 0.2) is 152 Å². The molecule has 0 amide bonds. The lowest BCUT2D eigenvalue weighted by atomic mass is 9.80. The van der Waals surface area contributed by atoms with Gasteiger partial charge in [-0.25, -0.2) is 0 Å². The first kappa shape index (κ1) is 22.0. The molecule has 6 rings (SSSR count). The average molecular weight is 463 g/mol. The minimum atomic E-state index is -1.36. The normalized spacial score (nSPS) is 13.5. The van der Waals surface area contributed by atoms with Gasteiger partial charge in [-0.15, -0.1) is 0 Å². The molecule has 6 aromatic rings. The Morgan fingerprint density at radius 3 is 1.75 bits per heavy atom. The highest BCUT2D eigenvalue weighted by molar-refractivity contribution is 5.98. The van der Waals surface area contributed by atoms with E-state index in [-0.39, 0.29) is 0 Å². The fourth-order valence-corrected chi connectivity index (χ4v) is 5.17. The summed E-state index contributed by atoms with van der Waals surface area (Å²) in [6.07, 6.45) is 2.04. The lowest BCUT2D eigenvalue weighted by Gasteiger charge is -2.29. The zero-order valence-electron chi connectivity index (χ0n) is 19.9. The molecule has 0 bridgehead atoms. The Labute approximate surface area is 211 Å². The third-order valence-electron chi connectivity index (χ3n) is 6.93. The van der Waals surface area contributed by atoms with Crippen LogP contribution in [0.5, 0.6) is 0 Å². The highest BCUT2D eigenvalue weighted by atomic mass is 16.3. The summed E-state index contributed by atoms with van der Waals surface area (Å²) in [5, 5.41) is 17.2. The van der Waals surface area contributed by atoms with E-state index in [2.05, 4.69) is 72.8 Å². The van der Waals surface area contributed by atoms with Gasteiger partial charge in [0.25, 0.3) is 0 Å². The van der Waals surface area contributed by atoms with Crippen molar-refractivity contribution in [3.8, 4) is 0 Å². The van der Waals surface area contributed by atoms with Crippen LogP contribution in [0.25, 0.3) is 27.1 Å². The van der Waals surface area contributed by atoms with Crippen LogP contribution in [0, 0.1) is 0 Å². The van der Waals surface area contributed by atoms with Crippen molar-refractivity contribution in [2.24, 2.45) is 0 Å². The maximum atomic E-state index is 12.7. The first-order chi connectivity index (χ1) is 17.7. The van der Waals surface area contributed by atoms with Crippen LogP contribution in [0.2, 0.25) is 0 Å². The van der Waals surface area contributed by atoms with E-state index >= 15 is 0 Å². The third kappa shape index (κ3) is 3.90. The van der Waals surface area contributed by atoms with Crippen molar-refractivity contribution < 1.29 is 5.11 Å². The number of rotatable bonds is 5. The Morgan fingerprint density at radius 2 is 1.03 bits per heavy atom. The smallest absolute Gasteiger partial charge is 0.135 e. The SMILES string of the molecule is OC(C=C(c1ccccc1)c1cccc2ccccc12)(c1ccccc1)c1cccc2ccccc12. The van der Waals surface area contributed by atoms with Gasteiger partial charge in [-0.3, -0.25) is 0 Å². The van der Waals surface area contributed by atoms with Crippen LogP contribution in [-0.2, 0) is 5.60 Å². The molecule has 0 fully saturated rings. The predicted octanol–water partition coefficient (Wildman–Crippen LogP) is 8.36. The van der Waals surface area contributed by atoms with E-state index in [1.54, 1.807) is 0 Å². The van der Waals surface area contributed by atoms with E-state index in [1.165, 1.54) is 5.39 Å². The molecule has 0 aliphatic rings. The van der Waals surface area contributed by atoms with Gasteiger partial charge in [0.15, 0.2) is 0 Å². The maximum Gasteiger partial charge on any atom is 0.135 e. The van der Waals surface area contributed by atoms with Crippen LogP contribution < -0.4 is 0 Å². The summed E-state index contributed by atoms with van der Waals surface area (Å²) in [5.41, 5.74) is 3.48. The first-order valence-corrected chi connectivity index (χ1v) is 12.3. The molecule has 1 nitrogen and oxygen atoms in total. The van der Waals surface area contributed by atoms with E-state index in [4.69, 9.17) is 0 Å². The predicted molar refractivity (Wildman–Crippen MR) is 151 cm³/mol. The average Bonchev–Trinajstić information content (AvgIpc) is 2.96. The van der Waals surface area contributed by atoms with Crippen molar-refractivity contribution in [1.82, 2.24) is 0 Å². The molecule has 0 saturated heterocycles. The van der Waals surface area contributed by atoms with Gasteiger partial charge >= 0.3 is 0 Å². The van der Waals surface area contributed by atoms with Gasteiger partial charge in [0.1, 0.15) is 5.60 Å². The van der Waals surface area contributed by atoms with Gasteiger partial charge in [0, 0.05) is 0 Å². The molecular formula is C35H26O. The molecule has 6 aromatic carbocycles. The highest BCUT2D eigenvalue weighted by Crippen LogP contribution is 2.40. The molecule has 0 aliphatic heterocycles. The zero-order chi connectivity index (χ0) is 24.4. The minimum absolute atomic E-state index is 0.829. The van der Waals surface area contributed by atoms with Crippen LogP contribution in [0.1, 0.15) is 22.3 Å². The fourth-order valence-electron chi connectivity index (χ4n) is 5.17. The fraction of sp³-hybridized carbons (Fsp3) is 0.0286. The second-order valence-electron chi connectivity index (χ2n) is 9.11. The number of aliphatic hydroxyl groups is 1. The molecule has 36 heavy (non-hydrogen) atoms. The summed E-state index contributed by atoms with van der Waals surface area (Å²) in [7, 11) is 0. The number of fused-ring (bicyclic) bond motifs is 2. The second-order valence-corrected chi connectivity index (χ2v) is 9.11. The van der Waals surface area contributed by atoms with Crippen LogP contribution in [0.4, 0.5) is 0 Å². The molecule has 172 valence electrons. The summed E-state index contributed by atoms with van der Waals surface area (Å²) >= 11 is 0. The Kier molecular flexibility index (Phi) is 5.69. The Hall–Kier alpha value is -4.46. The van der Waals surface area contributed by atoms with E-state index in [0.717, 1.165) is 44.0 Å². The topological polar surface area (TPSA) is 20.2 Å². The van der Waals surface area contributed by atoms with Crippen LogP contribution in [-0.4, -0.2) is 5.11 Å². The van der Waals surface area contributed by atoms with Gasteiger partial charge < -0.3 is 5.11 Å². The van der Waals surface area contributed by atoms with Gasteiger partial charge in [-0.1, -0.05) is 146 Å². The van der Waals surface area contributed by atoms with E-state index in [0.29, 0.717) is 0 Å². The van der Waals surface area contributed by atoms with E-state index in [9.17, 15) is 5.11 Å². The van der Waals surface area contributed by atoms with Crippen molar-refractivity contribution in [2.75, 3.05) is 0 Å². The lowest BCUT2D eigenvalue weighted by Crippen LogP contribution is -2.25. The molecule has 0 spiro atoms. The molecule has 1 N–H and O–H groups in total. The molecule has 1 unspecified atom stereocenters. The molecule has 0 radical (unpaired) electrons.